The van der Waals surface area contributed by atoms with Crippen LogP contribution in [0.5, 0.6) is 0 Å². The van der Waals surface area contributed by atoms with Crippen LogP contribution in [0.4, 0.5) is 0 Å². The summed E-state index contributed by atoms with van der Waals surface area (Å²) in [6, 6.07) is 1.46. The molecule has 94 valence electrons. The van der Waals surface area contributed by atoms with Crippen molar-refractivity contribution in [2.75, 3.05) is 19.6 Å². The molecule has 2 rings (SSSR count). The van der Waals surface area contributed by atoms with Gasteiger partial charge in [0.1, 0.15) is 0 Å². The van der Waals surface area contributed by atoms with Crippen molar-refractivity contribution in [1.29, 1.82) is 0 Å². The minimum absolute atomic E-state index is 0.716. The Hall–Kier alpha value is -0.0800. The van der Waals surface area contributed by atoms with Crippen molar-refractivity contribution in [3.63, 3.8) is 0 Å². The second-order valence-corrected chi connectivity index (χ2v) is 6.10. The number of likely N-dealkylation sites (tertiary alicyclic amines) is 1. The largest absolute Gasteiger partial charge is 0.312 e. The van der Waals surface area contributed by atoms with Gasteiger partial charge in [0.25, 0.3) is 0 Å². The third-order valence-electron chi connectivity index (χ3n) is 4.51. The van der Waals surface area contributed by atoms with E-state index in [1.807, 2.05) is 0 Å². The monoisotopic (exact) mass is 224 g/mol. The van der Waals surface area contributed by atoms with Gasteiger partial charge in [-0.25, -0.2) is 0 Å². The zero-order valence-electron chi connectivity index (χ0n) is 11.2. The smallest absolute Gasteiger partial charge is 0.0192 e. The lowest BCUT2D eigenvalue weighted by Gasteiger charge is -2.35. The molecule has 2 unspecified atom stereocenters. The molecule has 0 aromatic carbocycles. The van der Waals surface area contributed by atoms with Crippen molar-refractivity contribution >= 4 is 0 Å². The molecule has 2 aliphatic rings. The molecule has 0 aromatic heterocycles. The fourth-order valence-electron chi connectivity index (χ4n) is 2.72. The van der Waals surface area contributed by atoms with Gasteiger partial charge in [-0.1, -0.05) is 6.92 Å². The quantitative estimate of drug-likeness (QED) is 0.772. The van der Waals surface area contributed by atoms with E-state index in [9.17, 15) is 0 Å². The van der Waals surface area contributed by atoms with Crippen molar-refractivity contribution in [3.05, 3.63) is 0 Å². The van der Waals surface area contributed by atoms with Gasteiger partial charge < -0.3 is 5.32 Å². The summed E-state index contributed by atoms with van der Waals surface area (Å²) in [4.78, 5) is 2.66. The molecule has 2 nitrogen and oxygen atoms in total. The lowest BCUT2D eigenvalue weighted by atomic mass is 9.98. The molecule has 0 bridgehead atoms. The number of nitrogens with one attached hydrogen (secondary N) is 1. The molecule has 1 aliphatic heterocycles. The van der Waals surface area contributed by atoms with E-state index in [-0.39, 0.29) is 0 Å². The zero-order chi connectivity index (χ0) is 11.5. The summed E-state index contributed by atoms with van der Waals surface area (Å²) >= 11 is 0. The van der Waals surface area contributed by atoms with Gasteiger partial charge in [-0.15, -0.1) is 0 Å². The van der Waals surface area contributed by atoms with Crippen LogP contribution in [-0.2, 0) is 0 Å². The van der Waals surface area contributed by atoms with Crippen molar-refractivity contribution in [2.24, 2.45) is 11.8 Å². The lowest BCUT2D eigenvalue weighted by Crippen LogP contribution is -2.46. The third kappa shape index (κ3) is 3.46. The molecular formula is C14H28N2. The Kier molecular flexibility index (Phi) is 4.26. The van der Waals surface area contributed by atoms with E-state index in [1.54, 1.807) is 0 Å². The van der Waals surface area contributed by atoms with E-state index >= 15 is 0 Å². The minimum atomic E-state index is 0.716. The molecule has 1 heterocycles. The SMILES string of the molecule is CC1CCN(C(C)CNC(C)C2CC2)CC1. The first-order chi connectivity index (χ1) is 7.66. The number of nitrogens with zero attached hydrogens (tertiary/aromatic N) is 1. The highest BCUT2D eigenvalue weighted by Gasteiger charge is 2.28. The fourth-order valence-corrected chi connectivity index (χ4v) is 2.72. The topological polar surface area (TPSA) is 15.3 Å². The van der Waals surface area contributed by atoms with Gasteiger partial charge in [0.05, 0.1) is 0 Å². The molecular weight excluding hydrogens is 196 g/mol. The summed E-state index contributed by atoms with van der Waals surface area (Å²) in [5.74, 6) is 1.93. The molecule has 2 fully saturated rings. The number of piperidine rings is 1. The molecule has 0 amide bonds. The van der Waals surface area contributed by atoms with Gasteiger partial charge in [0.15, 0.2) is 0 Å². The Bertz CT molecular complexity index is 205. The van der Waals surface area contributed by atoms with Crippen molar-refractivity contribution in [1.82, 2.24) is 10.2 Å². The summed E-state index contributed by atoms with van der Waals surface area (Å²) in [7, 11) is 0. The highest BCUT2D eigenvalue weighted by Crippen LogP contribution is 2.32. The maximum Gasteiger partial charge on any atom is 0.0192 e. The number of hydrogen-bond donors (Lipinski definition) is 1. The molecule has 1 saturated heterocycles. The Labute approximate surface area is 101 Å². The molecule has 2 atom stereocenters. The highest BCUT2D eigenvalue weighted by atomic mass is 15.2. The van der Waals surface area contributed by atoms with Crippen molar-refractivity contribution < 1.29 is 0 Å². The van der Waals surface area contributed by atoms with E-state index in [2.05, 4.69) is 31.0 Å². The van der Waals surface area contributed by atoms with Crippen LogP contribution in [0.2, 0.25) is 0 Å². The maximum atomic E-state index is 3.71. The minimum Gasteiger partial charge on any atom is -0.312 e. The first kappa shape index (κ1) is 12.4. The van der Waals surface area contributed by atoms with E-state index < -0.39 is 0 Å². The molecule has 0 radical (unpaired) electrons. The van der Waals surface area contributed by atoms with Gasteiger partial charge in [0, 0.05) is 18.6 Å². The zero-order valence-corrected chi connectivity index (χ0v) is 11.2. The van der Waals surface area contributed by atoms with E-state index in [1.165, 1.54) is 45.3 Å². The van der Waals surface area contributed by atoms with Gasteiger partial charge in [-0.3, -0.25) is 4.90 Å². The van der Waals surface area contributed by atoms with E-state index in [0.717, 1.165) is 17.9 Å². The van der Waals surface area contributed by atoms with Crippen LogP contribution in [0.15, 0.2) is 0 Å². The van der Waals surface area contributed by atoms with Crippen LogP contribution in [0.25, 0.3) is 0 Å². The molecule has 16 heavy (non-hydrogen) atoms. The third-order valence-corrected chi connectivity index (χ3v) is 4.51. The average molecular weight is 224 g/mol. The lowest BCUT2D eigenvalue weighted by molar-refractivity contribution is 0.142. The van der Waals surface area contributed by atoms with E-state index in [4.69, 9.17) is 0 Å². The first-order valence-corrected chi connectivity index (χ1v) is 7.14. The summed E-state index contributed by atoms with van der Waals surface area (Å²) in [5.41, 5.74) is 0. The normalized spacial score (nSPS) is 27.9. The Morgan fingerprint density at radius 3 is 2.31 bits per heavy atom. The number of hydrogen-bond acceptors (Lipinski definition) is 2. The summed E-state index contributed by atoms with van der Waals surface area (Å²) in [6.07, 6.45) is 5.68. The molecule has 1 aliphatic carbocycles. The molecule has 2 heteroatoms. The van der Waals surface area contributed by atoms with Gasteiger partial charge in [0.2, 0.25) is 0 Å². The van der Waals surface area contributed by atoms with Crippen LogP contribution >= 0.6 is 0 Å². The molecule has 0 spiro atoms. The van der Waals surface area contributed by atoms with Crippen LogP contribution in [0.1, 0.15) is 46.5 Å². The predicted molar refractivity (Wildman–Crippen MR) is 69.6 cm³/mol. The number of rotatable bonds is 5. The Morgan fingerprint density at radius 1 is 1.12 bits per heavy atom. The summed E-state index contributed by atoms with van der Waals surface area (Å²) in [5, 5.41) is 3.71. The summed E-state index contributed by atoms with van der Waals surface area (Å²) < 4.78 is 0. The molecule has 1 saturated carbocycles. The second kappa shape index (κ2) is 5.50. The predicted octanol–water partition coefficient (Wildman–Crippen LogP) is 2.49. The van der Waals surface area contributed by atoms with Gasteiger partial charge >= 0.3 is 0 Å². The van der Waals surface area contributed by atoms with Crippen LogP contribution in [-0.4, -0.2) is 36.6 Å². The van der Waals surface area contributed by atoms with Crippen LogP contribution < -0.4 is 5.32 Å². The summed E-state index contributed by atoms with van der Waals surface area (Å²) in [6.45, 7) is 10.9. The first-order valence-electron chi connectivity index (χ1n) is 7.14. The average Bonchev–Trinajstić information content (AvgIpc) is 3.10. The fraction of sp³-hybridized carbons (Fsp3) is 1.00. The highest BCUT2D eigenvalue weighted by molar-refractivity contribution is 4.85. The van der Waals surface area contributed by atoms with Crippen LogP contribution in [0.3, 0.4) is 0 Å². The molecule has 0 aromatic rings. The van der Waals surface area contributed by atoms with Gasteiger partial charge in [-0.05, 0) is 64.5 Å². The standard InChI is InChI=1S/C14H28N2/c1-11-6-8-16(9-7-11)12(2)10-15-13(3)14-4-5-14/h11-15H,4-10H2,1-3H3. The second-order valence-electron chi connectivity index (χ2n) is 6.10. The Balaban J connectivity index is 1.64. The Morgan fingerprint density at radius 2 is 1.75 bits per heavy atom. The van der Waals surface area contributed by atoms with E-state index in [0.29, 0.717) is 6.04 Å². The van der Waals surface area contributed by atoms with Crippen LogP contribution in [0, 0.1) is 11.8 Å². The van der Waals surface area contributed by atoms with Crippen molar-refractivity contribution in [2.45, 2.75) is 58.5 Å². The molecule has 1 N–H and O–H groups in total. The van der Waals surface area contributed by atoms with Crippen molar-refractivity contribution in [3.8, 4) is 0 Å². The maximum absolute atomic E-state index is 3.71. The van der Waals surface area contributed by atoms with Gasteiger partial charge in [-0.2, -0.15) is 0 Å².